The molecule has 0 aliphatic rings. The molecule has 1 unspecified atom stereocenters. The van der Waals surface area contributed by atoms with Gasteiger partial charge in [0, 0.05) is 12.2 Å². The van der Waals surface area contributed by atoms with Crippen molar-refractivity contribution >= 4 is 5.69 Å². The maximum atomic E-state index is 6.16. The Hall–Kier alpha value is -2.08. The molecule has 0 radical (unpaired) electrons. The largest absolute Gasteiger partial charge is 0.492 e. The summed E-state index contributed by atoms with van der Waals surface area (Å²) in [5.41, 5.74) is 21.1. The number of nitrogens with one attached hydrogen (secondary N) is 2. The van der Waals surface area contributed by atoms with Crippen LogP contribution in [0.4, 0.5) is 5.69 Å². The van der Waals surface area contributed by atoms with Gasteiger partial charge >= 0.3 is 0 Å². The molecule has 0 aliphatic carbocycles. The van der Waals surface area contributed by atoms with Gasteiger partial charge in [0.1, 0.15) is 12.4 Å². The normalized spacial score (nSPS) is 12.0. The minimum Gasteiger partial charge on any atom is -0.492 e. The Morgan fingerprint density at radius 2 is 1.91 bits per heavy atom. The Balaban J connectivity index is 1.89. The molecule has 0 fully saturated rings. The van der Waals surface area contributed by atoms with Gasteiger partial charge in [-0.05, 0) is 41.8 Å². The van der Waals surface area contributed by atoms with Crippen LogP contribution in [0.25, 0.3) is 0 Å². The second-order valence-corrected chi connectivity index (χ2v) is 5.40. The van der Waals surface area contributed by atoms with Crippen molar-refractivity contribution in [3.63, 3.8) is 0 Å². The van der Waals surface area contributed by atoms with E-state index in [0.29, 0.717) is 13.2 Å². The number of ether oxygens (including phenoxy) is 1. The second kappa shape index (κ2) is 9.15. The molecule has 1 atom stereocenters. The third-order valence-corrected chi connectivity index (χ3v) is 3.47. The molecule has 2 aromatic rings. The summed E-state index contributed by atoms with van der Waals surface area (Å²) in [6, 6.07) is 16.0. The molecule has 0 aromatic heterocycles. The van der Waals surface area contributed by atoms with E-state index >= 15 is 0 Å². The number of benzene rings is 2. The van der Waals surface area contributed by atoms with Crippen LogP contribution < -0.4 is 27.1 Å². The van der Waals surface area contributed by atoms with Gasteiger partial charge in [-0.1, -0.05) is 37.6 Å². The minimum atomic E-state index is -0.341. The molecular formula is C18H26N4O. The van der Waals surface area contributed by atoms with E-state index in [2.05, 4.69) is 29.9 Å². The van der Waals surface area contributed by atoms with E-state index in [1.54, 1.807) is 0 Å². The molecule has 5 heteroatoms. The highest BCUT2D eigenvalue weighted by molar-refractivity contribution is 5.44. The fourth-order valence-corrected chi connectivity index (χ4v) is 2.26. The van der Waals surface area contributed by atoms with Gasteiger partial charge in [-0.2, -0.15) is 0 Å². The van der Waals surface area contributed by atoms with Crippen molar-refractivity contribution in [3.8, 4) is 5.75 Å². The van der Waals surface area contributed by atoms with Crippen LogP contribution >= 0.6 is 0 Å². The van der Waals surface area contributed by atoms with Gasteiger partial charge in [0.05, 0.1) is 6.17 Å². The summed E-state index contributed by atoms with van der Waals surface area (Å²) in [6.07, 6.45) is 1.91. The number of anilines is 1. The minimum absolute atomic E-state index is 0.341. The van der Waals surface area contributed by atoms with Crippen molar-refractivity contribution in [1.29, 1.82) is 0 Å². The Bertz CT molecular complexity index is 586. The third-order valence-electron chi connectivity index (χ3n) is 3.47. The Morgan fingerprint density at radius 1 is 1.13 bits per heavy atom. The lowest BCUT2D eigenvalue weighted by molar-refractivity contribution is 0.327. The average Bonchev–Trinajstić information content (AvgIpc) is 2.59. The molecule has 2 rings (SSSR count). The monoisotopic (exact) mass is 314 g/mol. The first-order chi connectivity index (χ1) is 11.2. The van der Waals surface area contributed by atoms with Gasteiger partial charge in [-0.25, -0.2) is 5.43 Å². The van der Waals surface area contributed by atoms with Crippen LogP contribution in [0.5, 0.6) is 5.75 Å². The van der Waals surface area contributed by atoms with E-state index in [1.165, 1.54) is 5.56 Å². The van der Waals surface area contributed by atoms with E-state index < -0.39 is 0 Å². The molecule has 0 bridgehead atoms. The van der Waals surface area contributed by atoms with Crippen LogP contribution in [-0.2, 0) is 6.42 Å². The van der Waals surface area contributed by atoms with E-state index in [9.17, 15) is 0 Å². The quantitative estimate of drug-likeness (QED) is 0.422. The molecule has 2 aromatic carbocycles. The van der Waals surface area contributed by atoms with Gasteiger partial charge in [0.2, 0.25) is 0 Å². The van der Waals surface area contributed by atoms with E-state index in [0.717, 1.165) is 29.8 Å². The summed E-state index contributed by atoms with van der Waals surface area (Å²) in [5.74, 6) is 0.772. The number of aryl methyl sites for hydroxylation is 1. The average molecular weight is 314 g/mol. The summed E-state index contributed by atoms with van der Waals surface area (Å²) in [5, 5.41) is 0. The highest BCUT2D eigenvalue weighted by Gasteiger charge is 2.06. The lowest BCUT2D eigenvalue weighted by Gasteiger charge is -2.17. The predicted octanol–water partition coefficient (Wildman–Crippen LogP) is 2.55. The lowest BCUT2D eigenvalue weighted by atomic mass is 10.1. The molecule has 0 heterocycles. The van der Waals surface area contributed by atoms with Crippen LogP contribution in [-0.4, -0.2) is 13.2 Å². The predicted molar refractivity (Wildman–Crippen MR) is 95.1 cm³/mol. The first-order valence-electron chi connectivity index (χ1n) is 8.02. The van der Waals surface area contributed by atoms with Crippen molar-refractivity contribution in [2.75, 3.05) is 18.6 Å². The summed E-state index contributed by atoms with van der Waals surface area (Å²) >= 11 is 0. The Kier molecular flexibility index (Phi) is 6.87. The Morgan fingerprint density at radius 3 is 2.61 bits per heavy atom. The molecule has 0 amide bonds. The fourth-order valence-electron chi connectivity index (χ4n) is 2.26. The first kappa shape index (κ1) is 17.3. The first-order valence-corrected chi connectivity index (χ1v) is 8.02. The summed E-state index contributed by atoms with van der Waals surface area (Å²) in [4.78, 5) is 0. The number of hydrazine groups is 1. The van der Waals surface area contributed by atoms with Crippen LogP contribution in [0.2, 0.25) is 0 Å². The molecule has 0 aliphatic heterocycles. The second-order valence-electron chi connectivity index (χ2n) is 5.40. The topological polar surface area (TPSA) is 85.3 Å². The number of hydrogen-bond acceptors (Lipinski definition) is 5. The van der Waals surface area contributed by atoms with Crippen molar-refractivity contribution in [2.45, 2.75) is 25.9 Å². The number of nitrogens with two attached hydrogens (primary N) is 2. The molecule has 6 N–H and O–H groups in total. The third kappa shape index (κ3) is 5.56. The van der Waals surface area contributed by atoms with Gasteiger partial charge in [-0.15, -0.1) is 0 Å². The zero-order valence-corrected chi connectivity index (χ0v) is 13.6. The molecule has 23 heavy (non-hydrogen) atoms. The SMILES string of the molecule is CCCc1ccc(NNC(N)c2cccc(OCCN)c2)cc1. The van der Waals surface area contributed by atoms with Gasteiger partial charge in [0.15, 0.2) is 0 Å². The summed E-state index contributed by atoms with van der Waals surface area (Å²) in [7, 11) is 0. The highest BCUT2D eigenvalue weighted by Crippen LogP contribution is 2.17. The lowest BCUT2D eigenvalue weighted by Crippen LogP contribution is -2.33. The Labute approximate surface area is 138 Å². The molecule has 5 nitrogen and oxygen atoms in total. The molecule has 0 saturated heterocycles. The summed E-state index contributed by atoms with van der Waals surface area (Å²) in [6.45, 7) is 3.16. The number of rotatable bonds is 9. The molecular weight excluding hydrogens is 288 g/mol. The van der Waals surface area contributed by atoms with Crippen molar-refractivity contribution in [3.05, 3.63) is 59.7 Å². The summed E-state index contributed by atoms with van der Waals surface area (Å²) < 4.78 is 5.52. The smallest absolute Gasteiger partial charge is 0.119 e. The van der Waals surface area contributed by atoms with Crippen LogP contribution in [0, 0.1) is 0 Å². The van der Waals surface area contributed by atoms with Gasteiger partial charge in [-0.3, -0.25) is 0 Å². The maximum absolute atomic E-state index is 6.16. The van der Waals surface area contributed by atoms with E-state index in [4.69, 9.17) is 16.2 Å². The van der Waals surface area contributed by atoms with Crippen LogP contribution in [0.15, 0.2) is 48.5 Å². The van der Waals surface area contributed by atoms with Crippen molar-refractivity contribution < 1.29 is 4.74 Å². The standard InChI is InChI=1S/C18H26N4O/c1-2-4-14-7-9-16(10-8-14)21-22-18(20)15-5-3-6-17(13-15)23-12-11-19/h3,5-10,13,18,21-22H,2,4,11-12,19-20H2,1H3. The molecule has 0 saturated carbocycles. The highest BCUT2D eigenvalue weighted by atomic mass is 16.5. The molecule has 0 spiro atoms. The number of hydrogen-bond donors (Lipinski definition) is 4. The van der Waals surface area contributed by atoms with Crippen molar-refractivity contribution in [2.24, 2.45) is 11.5 Å². The zero-order valence-electron chi connectivity index (χ0n) is 13.6. The fraction of sp³-hybridized carbons (Fsp3) is 0.333. The van der Waals surface area contributed by atoms with Crippen LogP contribution in [0.1, 0.15) is 30.6 Å². The zero-order chi connectivity index (χ0) is 16.5. The maximum Gasteiger partial charge on any atom is 0.119 e. The van der Waals surface area contributed by atoms with Gasteiger partial charge in [0.25, 0.3) is 0 Å². The molecule has 124 valence electrons. The van der Waals surface area contributed by atoms with Gasteiger partial charge < -0.3 is 21.6 Å². The van der Waals surface area contributed by atoms with E-state index in [-0.39, 0.29) is 6.17 Å². The van der Waals surface area contributed by atoms with E-state index in [1.807, 2.05) is 36.4 Å². The van der Waals surface area contributed by atoms with Crippen LogP contribution in [0.3, 0.4) is 0 Å². The van der Waals surface area contributed by atoms with Crippen molar-refractivity contribution in [1.82, 2.24) is 5.43 Å².